The molecule has 2 N–H and O–H groups in total. The number of amides is 2. The van der Waals surface area contributed by atoms with Gasteiger partial charge in [-0.3, -0.25) is 19.2 Å². The molecule has 1 fully saturated rings. The Balaban J connectivity index is 1.51. The van der Waals surface area contributed by atoms with Crippen LogP contribution in [0, 0.1) is 6.92 Å². The molecule has 28 heavy (non-hydrogen) atoms. The average Bonchev–Trinajstić information content (AvgIpc) is 3.25. The molecule has 3 rings (SSSR count). The van der Waals surface area contributed by atoms with Gasteiger partial charge in [-0.2, -0.15) is 5.10 Å². The molecule has 7 heteroatoms. The van der Waals surface area contributed by atoms with Crippen LogP contribution in [0.4, 0.5) is 5.69 Å². The Kier molecular flexibility index (Phi) is 6.46. The number of para-hydroxylation sites is 1. The molecule has 0 bridgehead atoms. The van der Waals surface area contributed by atoms with Crippen LogP contribution in [0.25, 0.3) is 0 Å². The third kappa shape index (κ3) is 4.78. The zero-order chi connectivity index (χ0) is 20.1. The Hall–Kier alpha value is -2.67. The highest BCUT2D eigenvalue weighted by Crippen LogP contribution is 2.32. The number of aryl methyl sites for hydroxylation is 3. The van der Waals surface area contributed by atoms with Gasteiger partial charge in [-0.25, -0.2) is 0 Å². The topological polar surface area (TPSA) is 79.3 Å². The summed E-state index contributed by atoms with van der Waals surface area (Å²) in [6, 6.07) is 7.92. The van der Waals surface area contributed by atoms with Gasteiger partial charge in [0.1, 0.15) is 0 Å². The summed E-state index contributed by atoms with van der Waals surface area (Å²) in [5.41, 5.74) is 4.07. The van der Waals surface area contributed by atoms with Crippen LogP contribution < -0.4 is 10.6 Å². The first-order valence-electron chi connectivity index (χ1n) is 9.86. The molecule has 1 aliphatic heterocycles. The number of likely N-dealkylation sites (tertiary alicyclic amines) is 1. The van der Waals surface area contributed by atoms with Gasteiger partial charge in [0.2, 0.25) is 11.8 Å². The predicted molar refractivity (Wildman–Crippen MR) is 109 cm³/mol. The van der Waals surface area contributed by atoms with E-state index >= 15 is 0 Å². The van der Waals surface area contributed by atoms with E-state index in [2.05, 4.69) is 20.6 Å². The van der Waals surface area contributed by atoms with Crippen LogP contribution in [0.5, 0.6) is 0 Å². The van der Waals surface area contributed by atoms with Crippen molar-refractivity contribution in [1.82, 2.24) is 20.0 Å². The molecule has 1 saturated heterocycles. The summed E-state index contributed by atoms with van der Waals surface area (Å²) in [4.78, 5) is 26.8. The number of nitrogens with zero attached hydrogens (tertiary/aromatic N) is 3. The molecular formula is C21H29N5O2. The second kappa shape index (κ2) is 9.01. The molecule has 1 atom stereocenters. The normalized spacial score (nSPS) is 16.9. The lowest BCUT2D eigenvalue weighted by atomic mass is 10.1. The number of hydrogen-bond donors (Lipinski definition) is 2. The lowest BCUT2D eigenvalue weighted by Crippen LogP contribution is -2.40. The number of benzene rings is 1. The Morgan fingerprint density at radius 2 is 2.04 bits per heavy atom. The fourth-order valence-corrected chi connectivity index (χ4v) is 3.88. The summed E-state index contributed by atoms with van der Waals surface area (Å²) >= 11 is 0. The minimum Gasteiger partial charge on any atom is -0.346 e. The number of nitrogens with one attached hydrogen (secondary N) is 2. The van der Waals surface area contributed by atoms with Gasteiger partial charge in [-0.05, 0) is 44.4 Å². The Labute approximate surface area is 166 Å². The van der Waals surface area contributed by atoms with Crippen molar-refractivity contribution in [3.05, 3.63) is 47.3 Å². The van der Waals surface area contributed by atoms with Gasteiger partial charge in [0.05, 0.1) is 18.8 Å². The van der Waals surface area contributed by atoms with Crippen molar-refractivity contribution >= 4 is 17.5 Å². The summed E-state index contributed by atoms with van der Waals surface area (Å²) in [6.45, 7) is 5.19. The van der Waals surface area contributed by atoms with E-state index in [1.54, 1.807) is 0 Å². The first kappa shape index (κ1) is 20.1. The average molecular weight is 383 g/mol. The van der Waals surface area contributed by atoms with E-state index in [1.165, 1.54) is 5.56 Å². The van der Waals surface area contributed by atoms with Crippen LogP contribution in [0.2, 0.25) is 0 Å². The third-order valence-corrected chi connectivity index (χ3v) is 5.24. The van der Waals surface area contributed by atoms with Crippen molar-refractivity contribution in [3.8, 4) is 0 Å². The van der Waals surface area contributed by atoms with Gasteiger partial charge < -0.3 is 10.6 Å². The van der Waals surface area contributed by atoms with Crippen LogP contribution in [-0.4, -0.2) is 46.1 Å². The molecule has 2 heterocycles. The fourth-order valence-electron chi connectivity index (χ4n) is 3.88. The number of aromatic nitrogens is 2. The smallest absolute Gasteiger partial charge is 0.243 e. The molecule has 0 spiro atoms. The van der Waals surface area contributed by atoms with Gasteiger partial charge in [-0.15, -0.1) is 0 Å². The highest BCUT2D eigenvalue weighted by molar-refractivity contribution is 5.95. The molecule has 150 valence electrons. The van der Waals surface area contributed by atoms with Gasteiger partial charge in [0, 0.05) is 30.5 Å². The molecule has 1 aromatic carbocycles. The number of hydrogen-bond acceptors (Lipinski definition) is 4. The van der Waals surface area contributed by atoms with Crippen molar-refractivity contribution in [2.75, 3.05) is 25.0 Å². The minimum absolute atomic E-state index is 0.0265. The molecule has 0 aliphatic carbocycles. The van der Waals surface area contributed by atoms with Gasteiger partial charge >= 0.3 is 0 Å². The number of carbonyl (C=O) groups is 2. The molecule has 0 saturated carbocycles. The largest absolute Gasteiger partial charge is 0.346 e. The summed E-state index contributed by atoms with van der Waals surface area (Å²) in [5.74, 6) is -0.345. The van der Waals surface area contributed by atoms with Crippen LogP contribution in [0.3, 0.4) is 0 Å². The Morgan fingerprint density at radius 1 is 1.25 bits per heavy atom. The second-order valence-electron chi connectivity index (χ2n) is 7.31. The van der Waals surface area contributed by atoms with E-state index in [0.29, 0.717) is 0 Å². The summed E-state index contributed by atoms with van der Waals surface area (Å²) < 4.78 is 1.82. The van der Waals surface area contributed by atoms with E-state index in [-0.39, 0.29) is 30.9 Å². The summed E-state index contributed by atoms with van der Waals surface area (Å²) in [5, 5.41) is 10.0. The van der Waals surface area contributed by atoms with Crippen molar-refractivity contribution in [1.29, 1.82) is 0 Å². The molecular weight excluding hydrogens is 354 g/mol. The highest BCUT2D eigenvalue weighted by atomic mass is 16.2. The number of carbonyl (C=O) groups excluding carboxylic acids is 2. The number of anilines is 1. The van der Waals surface area contributed by atoms with Crippen LogP contribution in [0.1, 0.15) is 42.6 Å². The van der Waals surface area contributed by atoms with Gasteiger partial charge in [0.15, 0.2) is 0 Å². The zero-order valence-electron chi connectivity index (χ0n) is 16.9. The van der Waals surface area contributed by atoms with E-state index in [9.17, 15) is 9.59 Å². The SMILES string of the molecule is CCc1ccccc1NC(=O)CNC(=O)CN1CCCC1c1cn(C)nc1C. The lowest BCUT2D eigenvalue weighted by Gasteiger charge is -2.23. The maximum absolute atomic E-state index is 12.4. The molecule has 2 amide bonds. The Morgan fingerprint density at radius 3 is 2.75 bits per heavy atom. The van der Waals surface area contributed by atoms with E-state index in [1.807, 2.05) is 56.0 Å². The lowest BCUT2D eigenvalue weighted by molar-refractivity contribution is -0.125. The Bertz CT molecular complexity index is 845. The van der Waals surface area contributed by atoms with Crippen LogP contribution in [-0.2, 0) is 23.1 Å². The molecule has 1 unspecified atom stereocenters. The summed E-state index contributed by atoms with van der Waals surface area (Å²) in [7, 11) is 1.91. The van der Waals surface area contributed by atoms with Crippen molar-refractivity contribution in [3.63, 3.8) is 0 Å². The molecule has 0 radical (unpaired) electrons. The van der Waals surface area contributed by atoms with Gasteiger partial charge in [0.25, 0.3) is 0 Å². The van der Waals surface area contributed by atoms with Crippen molar-refractivity contribution in [2.45, 2.75) is 39.2 Å². The zero-order valence-corrected chi connectivity index (χ0v) is 16.9. The molecule has 7 nitrogen and oxygen atoms in total. The maximum Gasteiger partial charge on any atom is 0.243 e. The molecule has 2 aromatic rings. The maximum atomic E-state index is 12.4. The standard InChI is InChI=1S/C21H29N5O2/c1-4-16-8-5-6-9-18(16)23-20(27)12-22-21(28)14-26-11-7-10-19(26)17-13-25(3)24-15(17)2/h5-6,8-9,13,19H,4,7,10-12,14H2,1-3H3,(H,22,28)(H,23,27). The summed E-state index contributed by atoms with van der Waals surface area (Å²) in [6.07, 6.45) is 4.95. The first-order valence-corrected chi connectivity index (χ1v) is 9.86. The highest BCUT2D eigenvalue weighted by Gasteiger charge is 2.29. The van der Waals surface area contributed by atoms with Gasteiger partial charge in [-0.1, -0.05) is 25.1 Å². The number of rotatable bonds is 7. The quantitative estimate of drug-likeness (QED) is 0.768. The van der Waals surface area contributed by atoms with E-state index in [4.69, 9.17) is 0 Å². The van der Waals surface area contributed by atoms with Crippen molar-refractivity contribution in [2.24, 2.45) is 7.05 Å². The van der Waals surface area contributed by atoms with E-state index in [0.717, 1.165) is 42.8 Å². The third-order valence-electron chi connectivity index (χ3n) is 5.24. The second-order valence-corrected chi connectivity index (χ2v) is 7.31. The molecule has 1 aliphatic rings. The van der Waals surface area contributed by atoms with E-state index < -0.39 is 0 Å². The minimum atomic E-state index is -0.213. The monoisotopic (exact) mass is 383 g/mol. The fraction of sp³-hybridized carbons (Fsp3) is 0.476. The molecule has 1 aromatic heterocycles. The first-order chi connectivity index (χ1) is 13.5. The van der Waals surface area contributed by atoms with Crippen molar-refractivity contribution < 1.29 is 9.59 Å². The predicted octanol–water partition coefficient (Wildman–Crippen LogP) is 2.18. The van der Waals surface area contributed by atoms with Crippen LogP contribution in [0.15, 0.2) is 30.5 Å². The van der Waals surface area contributed by atoms with Crippen LogP contribution >= 0.6 is 0 Å².